The molecular weight excluding hydrogens is 272 g/mol. The number of benzene rings is 1. The fourth-order valence-electron chi connectivity index (χ4n) is 2.97. The average Bonchev–Trinajstić information content (AvgIpc) is 3.04. The summed E-state index contributed by atoms with van der Waals surface area (Å²) in [4.78, 5) is 5.00. The lowest BCUT2D eigenvalue weighted by atomic mass is 10.1. The molecule has 0 atom stereocenters. The minimum atomic E-state index is 0.856. The Kier molecular flexibility index (Phi) is 5.24. The lowest BCUT2D eigenvalue weighted by molar-refractivity contribution is 0.153. The maximum absolute atomic E-state index is 4.25. The molecule has 22 heavy (non-hydrogen) atoms. The summed E-state index contributed by atoms with van der Waals surface area (Å²) in [5.74, 6) is 0. The summed E-state index contributed by atoms with van der Waals surface area (Å²) in [6, 6.07) is 11.0. The minimum Gasteiger partial charge on any atom is -0.304 e. The average molecular weight is 298 g/mol. The van der Waals surface area contributed by atoms with Gasteiger partial charge in [0.05, 0.1) is 6.54 Å². The highest BCUT2D eigenvalue weighted by atomic mass is 15.3. The molecule has 0 spiro atoms. The molecule has 1 aromatic carbocycles. The summed E-state index contributed by atoms with van der Waals surface area (Å²) in [7, 11) is 2.21. The molecule has 0 unspecified atom stereocenters. The highest BCUT2D eigenvalue weighted by molar-refractivity contribution is 5.22. The van der Waals surface area contributed by atoms with Gasteiger partial charge >= 0.3 is 0 Å². The first-order valence-corrected chi connectivity index (χ1v) is 8.26. The van der Waals surface area contributed by atoms with Gasteiger partial charge in [-0.3, -0.25) is 4.68 Å². The molecule has 1 aromatic heterocycles. The lowest BCUT2D eigenvalue weighted by Gasteiger charge is -2.32. The van der Waals surface area contributed by atoms with Crippen molar-refractivity contribution in [2.75, 3.05) is 39.8 Å². The second kappa shape index (κ2) is 7.56. The summed E-state index contributed by atoms with van der Waals surface area (Å²) in [5, 5.41) is 4.25. The third kappa shape index (κ3) is 4.42. The van der Waals surface area contributed by atoms with Crippen molar-refractivity contribution >= 4 is 0 Å². The first-order valence-electron chi connectivity index (χ1n) is 8.26. The van der Waals surface area contributed by atoms with Crippen LogP contribution in [0.3, 0.4) is 0 Å². The molecule has 1 fully saturated rings. The van der Waals surface area contributed by atoms with Gasteiger partial charge in [0, 0.05) is 38.6 Å². The van der Waals surface area contributed by atoms with E-state index in [4.69, 9.17) is 0 Å². The van der Waals surface area contributed by atoms with Crippen molar-refractivity contribution in [1.82, 2.24) is 19.6 Å². The van der Waals surface area contributed by atoms with Gasteiger partial charge in [0.1, 0.15) is 0 Å². The van der Waals surface area contributed by atoms with Crippen molar-refractivity contribution in [3.05, 3.63) is 53.9 Å². The van der Waals surface area contributed by atoms with Gasteiger partial charge in [-0.2, -0.15) is 5.10 Å². The Bertz CT molecular complexity index is 539. The molecule has 0 saturated carbocycles. The largest absolute Gasteiger partial charge is 0.304 e. The first kappa shape index (κ1) is 15.3. The first-order chi connectivity index (χ1) is 10.8. The van der Waals surface area contributed by atoms with Gasteiger partial charge in [-0.25, -0.2) is 0 Å². The SMILES string of the molecule is CN1CCN(CCCc2ccc(Cn3cccn3)cc2)CC1. The number of rotatable bonds is 6. The summed E-state index contributed by atoms with van der Waals surface area (Å²) in [6.45, 7) is 6.94. The maximum Gasteiger partial charge on any atom is 0.0659 e. The smallest absolute Gasteiger partial charge is 0.0659 e. The Hall–Kier alpha value is -1.65. The number of hydrogen-bond acceptors (Lipinski definition) is 3. The highest BCUT2D eigenvalue weighted by Gasteiger charge is 2.12. The zero-order valence-electron chi connectivity index (χ0n) is 13.5. The van der Waals surface area contributed by atoms with Crippen molar-refractivity contribution < 1.29 is 0 Å². The molecule has 2 aromatic rings. The van der Waals surface area contributed by atoms with Crippen LogP contribution in [-0.4, -0.2) is 59.4 Å². The van der Waals surface area contributed by atoms with Crippen molar-refractivity contribution in [2.45, 2.75) is 19.4 Å². The normalized spacial score (nSPS) is 17.0. The Balaban J connectivity index is 1.41. The Morgan fingerprint density at radius 3 is 2.41 bits per heavy atom. The molecular formula is C18H26N4. The summed E-state index contributed by atoms with van der Waals surface area (Å²) >= 11 is 0. The van der Waals surface area contributed by atoms with E-state index in [1.54, 1.807) is 0 Å². The number of likely N-dealkylation sites (N-methyl/N-ethyl adjacent to an activating group) is 1. The van der Waals surface area contributed by atoms with Crippen molar-refractivity contribution in [2.24, 2.45) is 0 Å². The molecule has 1 aliphatic rings. The minimum absolute atomic E-state index is 0.856. The van der Waals surface area contributed by atoms with Crippen LogP contribution >= 0.6 is 0 Å². The van der Waals surface area contributed by atoms with Gasteiger partial charge in [0.2, 0.25) is 0 Å². The molecule has 0 N–H and O–H groups in total. The molecule has 118 valence electrons. The van der Waals surface area contributed by atoms with Gasteiger partial charge in [-0.1, -0.05) is 24.3 Å². The van der Waals surface area contributed by atoms with Crippen LogP contribution in [0.25, 0.3) is 0 Å². The second-order valence-corrected chi connectivity index (χ2v) is 6.27. The van der Waals surface area contributed by atoms with Crippen LogP contribution < -0.4 is 0 Å². The third-order valence-electron chi connectivity index (χ3n) is 4.46. The van der Waals surface area contributed by atoms with Gasteiger partial charge in [-0.05, 0) is 43.6 Å². The third-order valence-corrected chi connectivity index (χ3v) is 4.46. The van der Waals surface area contributed by atoms with Crippen LogP contribution in [0, 0.1) is 0 Å². The van der Waals surface area contributed by atoms with E-state index in [0.717, 1.165) is 6.54 Å². The maximum atomic E-state index is 4.25. The van der Waals surface area contributed by atoms with E-state index in [1.807, 2.05) is 23.1 Å². The van der Waals surface area contributed by atoms with Crippen molar-refractivity contribution in [1.29, 1.82) is 0 Å². The number of aromatic nitrogens is 2. The Morgan fingerprint density at radius 2 is 1.73 bits per heavy atom. The lowest BCUT2D eigenvalue weighted by Crippen LogP contribution is -2.44. The molecule has 0 bridgehead atoms. The zero-order valence-corrected chi connectivity index (χ0v) is 13.5. The van der Waals surface area contributed by atoms with Crippen LogP contribution in [0.1, 0.15) is 17.5 Å². The monoisotopic (exact) mass is 298 g/mol. The quantitative estimate of drug-likeness (QED) is 0.816. The van der Waals surface area contributed by atoms with E-state index in [2.05, 4.69) is 46.2 Å². The topological polar surface area (TPSA) is 24.3 Å². The van der Waals surface area contributed by atoms with Gasteiger partial charge < -0.3 is 9.80 Å². The van der Waals surface area contributed by atoms with E-state index in [0.29, 0.717) is 0 Å². The molecule has 1 saturated heterocycles. The number of aryl methyl sites for hydroxylation is 1. The van der Waals surface area contributed by atoms with E-state index in [1.165, 1.54) is 56.7 Å². The Morgan fingerprint density at radius 1 is 1.00 bits per heavy atom. The molecule has 0 aliphatic carbocycles. The zero-order chi connectivity index (χ0) is 15.2. The van der Waals surface area contributed by atoms with E-state index in [9.17, 15) is 0 Å². The van der Waals surface area contributed by atoms with Gasteiger partial charge in [0.25, 0.3) is 0 Å². The van der Waals surface area contributed by atoms with Crippen LogP contribution in [0.2, 0.25) is 0 Å². The molecule has 4 nitrogen and oxygen atoms in total. The molecule has 4 heteroatoms. The van der Waals surface area contributed by atoms with Crippen LogP contribution in [-0.2, 0) is 13.0 Å². The molecule has 0 radical (unpaired) electrons. The summed E-state index contributed by atoms with van der Waals surface area (Å²) in [5.41, 5.74) is 2.75. The number of piperazine rings is 1. The number of hydrogen-bond donors (Lipinski definition) is 0. The molecule has 0 amide bonds. The van der Waals surface area contributed by atoms with E-state index >= 15 is 0 Å². The fraction of sp³-hybridized carbons (Fsp3) is 0.500. The van der Waals surface area contributed by atoms with Crippen molar-refractivity contribution in [3.63, 3.8) is 0 Å². The molecule has 3 rings (SSSR count). The van der Waals surface area contributed by atoms with Crippen LogP contribution in [0.4, 0.5) is 0 Å². The van der Waals surface area contributed by atoms with Crippen LogP contribution in [0.5, 0.6) is 0 Å². The fourth-order valence-corrected chi connectivity index (χ4v) is 2.97. The van der Waals surface area contributed by atoms with E-state index in [-0.39, 0.29) is 0 Å². The predicted molar refractivity (Wildman–Crippen MR) is 90.0 cm³/mol. The highest BCUT2D eigenvalue weighted by Crippen LogP contribution is 2.09. The van der Waals surface area contributed by atoms with E-state index < -0.39 is 0 Å². The van der Waals surface area contributed by atoms with Crippen molar-refractivity contribution in [3.8, 4) is 0 Å². The molecule has 2 heterocycles. The second-order valence-electron chi connectivity index (χ2n) is 6.27. The predicted octanol–water partition coefficient (Wildman–Crippen LogP) is 2.11. The summed E-state index contributed by atoms with van der Waals surface area (Å²) in [6.07, 6.45) is 6.26. The molecule has 1 aliphatic heterocycles. The number of nitrogens with zero attached hydrogens (tertiary/aromatic N) is 4. The summed E-state index contributed by atoms with van der Waals surface area (Å²) < 4.78 is 1.96. The Labute approximate surface area is 133 Å². The van der Waals surface area contributed by atoms with Gasteiger partial charge in [-0.15, -0.1) is 0 Å². The van der Waals surface area contributed by atoms with Crippen LogP contribution in [0.15, 0.2) is 42.7 Å². The van der Waals surface area contributed by atoms with Gasteiger partial charge in [0.15, 0.2) is 0 Å². The standard InChI is InChI=1S/C18H26N4/c1-20-12-14-21(15-13-20)10-2-4-17-5-7-18(8-6-17)16-22-11-3-9-19-22/h3,5-9,11H,2,4,10,12-16H2,1H3.